The number of nitrogens with two attached hydrogens (primary N) is 2. The Morgan fingerprint density at radius 2 is 1.53 bits per heavy atom. The van der Waals surface area contributed by atoms with Gasteiger partial charge in [0.2, 0.25) is 0 Å². The van der Waals surface area contributed by atoms with Crippen LogP contribution in [0.3, 0.4) is 0 Å². The third-order valence-corrected chi connectivity index (χ3v) is 3.23. The maximum Gasteiger partial charge on any atom is 0.167 e. The zero-order chi connectivity index (χ0) is 14.2. The minimum atomic E-state index is -0.132. The van der Waals surface area contributed by atoms with Crippen LogP contribution in [0.2, 0.25) is 0 Å². The Morgan fingerprint density at radius 3 is 2.00 bits per heavy atom. The molecule has 2 aromatic rings. The van der Waals surface area contributed by atoms with Crippen LogP contribution < -0.4 is 21.5 Å². The van der Waals surface area contributed by atoms with Crippen molar-refractivity contribution >= 4 is 25.9 Å². The van der Waals surface area contributed by atoms with Gasteiger partial charge in [0.15, 0.2) is 17.2 Å². The Hall–Kier alpha value is -2.13. The summed E-state index contributed by atoms with van der Waals surface area (Å²) in [4.78, 5) is 0. The Balaban J connectivity index is 2.60. The number of nitrogen functional groups attached to an aromatic ring is 2. The molecule has 0 radical (unpaired) electrons. The average molecular weight is 278 g/mol. The minimum absolute atomic E-state index is 0.0233. The van der Waals surface area contributed by atoms with Crippen molar-refractivity contribution in [3.63, 3.8) is 0 Å². The fraction of sp³-hybridized carbons (Fsp3) is 0.0769. The van der Waals surface area contributed by atoms with Gasteiger partial charge in [0, 0.05) is 5.30 Å². The Kier molecular flexibility index (Phi) is 3.40. The summed E-state index contributed by atoms with van der Waals surface area (Å²) in [6.45, 7) is 0. The van der Waals surface area contributed by atoms with Crippen LogP contribution in [0.15, 0.2) is 24.3 Å². The van der Waals surface area contributed by atoms with Crippen LogP contribution in [0.4, 0.5) is 11.4 Å². The monoisotopic (exact) mass is 278 g/mol. The van der Waals surface area contributed by atoms with E-state index >= 15 is 0 Å². The van der Waals surface area contributed by atoms with Gasteiger partial charge in [-0.15, -0.1) is 9.24 Å². The van der Waals surface area contributed by atoms with Crippen molar-refractivity contribution in [1.29, 1.82) is 0 Å². The summed E-state index contributed by atoms with van der Waals surface area (Å²) in [5.74, 6) is 0.288. The van der Waals surface area contributed by atoms with E-state index in [1.54, 1.807) is 18.2 Å². The smallest absolute Gasteiger partial charge is 0.167 e. The number of anilines is 2. The number of rotatable bonds is 2. The van der Waals surface area contributed by atoms with E-state index in [2.05, 4.69) is 9.24 Å². The van der Waals surface area contributed by atoms with Crippen LogP contribution in [0, 0.1) is 0 Å². The SMILES string of the molecule is COc1c(O)cc(-c2cc(N)c(O)c(N)c2)cc1P. The maximum absolute atomic E-state index is 9.88. The third-order valence-electron chi connectivity index (χ3n) is 2.80. The quantitative estimate of drug-likeness (QED) is 0.378. The van der Waals surface area contributed by atoms with E-state index in [1.165, 1.54) is 7.11 Å². The molecular formula is C13H15N2O3P. The fourth-order valence-corrected chi connectivity index (χ4v) is 2.32. The second-order valence-electron chi connectivity index (χ2n) is 4.12. The standard InChI is InChI=1S/C13H15N2O3P/c1-18-13-10(16)4-7(5-11(13)19)6-2-8(14)12(17)9(15)3-6/h2-5,16-17H,14-15,19H2,1H3. The topological polar surface area (TPSA) is 102 Å². The molecule has 100 valence electrons. The molecule has 0 amide bonds. The Bertz CT molecular complexity index is 598. The van der Waals surface area contributed by atoms with Crippen LogP contribution in [0.1, 0.15) is 0 Å². The molecule has 0 aromatic heterocycles. The van der Waals surface area contributed by atoms with Gasteiger partial charge in [-0.3, -0.25) is 0 Å². The lowest BCUT2D eigenvalue weighted by molar-refractivity contribution is 0.377. The second kappa shape index (κ2) is 4.86. The van der Waals surface area contributed by atoms with Crippen LogP contribution in [0.5, 0.6) is 17.2 Å². The summed E-state index contributed by atoms with van der Waals surface area (Å²) < 4.78 is 5.07. The van der Waals surface area contributed by atoms with Crippen molar-refractivity contribution in [3.8, 4) is 28.4 Å². The maximum atomic E-state index is 9.88. The summed E-state index contributed by atoms with van der Waals surface area (Å²) in [5.41, 5.74) is 13.1. The summed E-state index contributed by atoms with van der Waals surface area (Å²) in [7, 11) is 3.97. The van der Waals surface area contributed by atoms with Crippen molar-refractivity contribution < 1.29 is 14.9 Å². The van der Waals surface area contributed by atoms with Gasteiger partial charge < -0.3 is 26.4 Å². The summed E-state index contributed by atoms with van der Waals surface area (Å²) >= 11 is 0. The second-order valence-corrected chi connectivity index (χ2v) is 4.74. The highest BCUT2D eigenvalue weighted by atomic mass is 31.0. The first-order valence-electron chi connectivity index (χ1n) is 5.49. The fourth-order valence-electron chi connectivity index (χ4n) is 1.87. The number of hydrogen-bond donors (Lipinski definition) is 4. The van der Waals surface area contributed by atoms with Crippen molar-refractivity contribution in [2.45, 2.75) is 0 Å². The van der Waals surface area contributed by atoms with E-state index in [1.807, 2.05) is 6.07 Å². The first-order valence-corrected chi connectivity index (χ1v) is 6.06. The molecule has 2 rings (SSSR count). The lowest BCUT2D eigenvalue weighted by Crippen LogP contribution is -2.00. The summed E-state index contributed by atoms with van der Waals surface area (Å²) in [6, 6.07) is 6.56. The van der Waals surface area contributed by atoms with Gasteiger partial charge in [-0.1, -0.05) is 0 Å². The molecule has 0 aliphatic carbocycles. The van der Waals surface area contributed by atoms with E-state index in [-0.39, 0.29) is 22.9 Å². The molecule has 19 heavy (non-hydrogen) atoms. The van der Waals surface area contributed by atoms with Crippen LogP contribution in [-0.4, -0.2) is 17.3 Å². The van der Waals surface area contributed by atoms with Gasteiger partial charge in [0.1, 0.15) is 0 Å². The largest absolute Gasteiger partial charge is 0.504 e. The van der Waals surface area contributed by atoms with Gasteiger partial charge in [-0.05, 0) is 35.4 Å². The van der Waals surface area contributed by atoms with E-state index in [4.69, 9.17) is 16.2 Å². The zero-order valence-electron chi connectivity index (χ0n) is 10.3. The Morgan fingerprint density at radius 1 is 1.00 bits per heavy atom. The summed E-state index contributed by atoms with van der Waals surface area (Å²) in [6.07, 6.45) is 0. The molecule has 1 unspecified atom stereocenters. The van der Waals surface area contributed by atoms with Crippen molar-refractivity contribution in [3.05, 3.63) is 24.3 Å². The van der Waals surface area contributed by atoms with Gasteiger partial charge in [0.25, 0.3) is 0 Å². The van der Waals surface area contributed by atoms with Crippen molar-refractivity contribution in [2.75, 3.05) is 18.6 Å². The van der Waals surface area contributed by atoms with Crippen molar-refractivity contribution in [2.24, 2.45) is 0 Å². The molecule has 0 aliphatic rings. The highest BCUT2D eigenvalue weighted by Crippen LogP contribution is 2.36. The predicted molar refractivity (Wildman–Crippen MR) is 79.9 cm³/mol. The van der Waals surface area contributed by atoms with E-state index in [0.29, 0.717) is 16.6 Å². The Labute approximate surface area is 113 Å². The molecule has 0 saturated carbocycles. The molecule has 2 aromatic carbocycles. The molecule has 0 spiro atoms. The minimum Gasteiger partial charge on any atom is -0.504 e. The number of aromatic hydroxyl groups is 2. The van der Waals surface area contributed by atoms with Gasteiger partial charge in [-0.2, -0.15) is 0 Å². The lowest BCUT2D eigenvalue weighted by Gasteiger charge is -2.12. The molecule has 0 heterocycles. The first-order chi connectivity index (χ1) is 8.93. The normalized spacial score (nSPS) is 10.4. The highest BCUT2D eigenvalue weighted by Gasteiger charge is 2.11. The first kappa shape index (κ1) is 13.3. The van der Waals surface area contributed by atoms with Gasteiger partial charge in [-0.25, -0.2) is 0 Å². The number of phenols is 2. The third kappa shape index (κ3) is 2.37. The zero-order valence-corrected chi connectivity index (χ0v) is 11.5. The average Bonchev–Trinajstić information content (AvgIpc) is 2.35. The summed E-state index contributed by atoms with van der Waals surface area (Å²) in [5, 5.41) is 20.1. The van der Waals surface area contributed by atoms with Gasteiger partial charge >= 0.3 is 0 Å². The molecule has 0 bridgehead atoms. The van der Waals surface area contributed by atoms with Gasteiger partial charge in [0.05, 0.1) is 18.5 Å². The number of methoxy groups -OCH3 is 1. The predicted octanol–water partition coefficient (Wildman–Crippen LogP) is 1.44. The molecular weight excluding hydrogens is 263 g/mol. The lowest BCUT2D eigenvalue weighted by atomic mass is 10.0. The number of ether oxygens (including phenoxy) is 1. The van der Waals surface area contributed by atoms with Crippen LogP contribution in [0.25, 0.3) is 11.1 Å². The number of phenolic OH excluding ortho intramolecular Hbond substituents is 2. The molecule has 0 aliphatic heterocycles. The highest BCUT2D eigenvalue weighted by molar-refractivity contribution is 7.27. The molecule has 1 atom stereocenters. The number of hydrogen-bond acceptors (Lipinski definition) is 5. The van der Waals surface area contributed by atoms with Crippen molar-refractivity contribution in [1.82, 2.24) is 0 Å². The molecule has 6 heteroatoms. The van der Waals surface area contributed by atoms with Crippen LogP contribution in [-0.2, 0) is 0 Å². The molecule has 0 saturated heterocycles. The number of benzene rings is 2. The molecule has 6 N–H and O–H groups in total. The molecule has 5 nitrogen and oxygen atoms in total. The van der Waals surface area contributed by atoms with E-state index in [0.717, 1.165) is 5.56 Å². The molecule has 0 fully saturated rings. The van der Waals surface area contributed by atoms with E-state index in [9.17, 15) is 10.2 Å². The van der Waals surface area contributed by atoms with E-state index < -0.39 is 0 Å². The van der Waals surface area contributed by atoms with Crippen LogP contribution >= 0.6 is 9.24 Å².